The maximum absolute atomic E-state index is 4.50. The highest BCUT2D eigenvalue weighted by atomic mass is 15.3. The summed E-state index contributed by atoms with van der Waals surface area (Å²) in [4.78, 5) is 0. The predicted octanol–water partition coefficient (Wildman–Crippen LogP) is 2.74. The summed E-state index contributed by atoms with van der Waals surface area (Å²) in [5.74, 6) is 0. The van der Waals surface area contributed by atoms with Gasteiger partial charge in [-0.1, -0.05) is 6.92 Å². The molecule has 0 aliphatic heterocycles. The van der Waals surface area contributed by atoms with E-state index in [4.69, 9.17) is 0 Å². The molecular formula is C14H23N5. The van der Waals surface area contributed by atoms with Crippen molar-refractivity contribution in [3.05, 3.63) is 29.3 Å². The highest BCUT2D eigenvalue weighted by Crippen LogP contribution is 2.15. The minimum Gasteiger partial charge on any atom is -0.377 e. The summed E-state index contributed by atoms with van der Waals surface area (Å²) in [7, 11) is 0. The molecule has 1 N–H and O–H groups in total. The van der Waals surface area contributed by atoms with E-state index in [-0.39, 0.29) is 0 Å². The van der Waals surface area contributed by atoms with Gasteiger partial charge in [0.1, 0.15) is 0 Å². The third kappa shape index (κ3) is 2.97. The van der Waals surface area contributed by atoms with Gasteiger partial charge in [-0.2, -0.15) is 10.2 Å². The van der Waals surface area contributed by atoms with Crippen molar-refractivity contribution in [3.63, 3.8) is 0 Å². The van der Waals surface area contributed by atoms with E-state index in [1.165, 1.54) is 11.3 Å². The third-order valence-corrected chi connectivity index (χ3v) is 3.30. The van der Waals surface area contributed by atoms with Crippen LogP contribution in [-0.4, -0.2) is 19.6 Å². The molecule has 19 heavy (non-hydrogen) atoms. The van der Waals surface area contributed by atoms with E-state index >= 15 is 0 Å². The minimum atomic E-state index is 0.790. The molecule has 0 fully saturated rings. The van der Waals surface area contributed by atoms with E-state index in [1.807, 2.05) is 22.5 Å². The highest BCUT2D eigenvalue weighted by Gasteiger charge is 2.08. The number of nitrogens with zero attached hydrogens (tertiary/aromatic N) is 4. The Kier molecular flexibility index (Phi) is 4.24. The monoisotopic (exact) mass is 261 g/mol. The Morgan fingerprint density at radius 1 is 1.26 bits per heavy atom. The van der Waals surface area contributed by atoms with Gasteiger partial charge in [0.2, 0.25) is 0 Å². The zero-order valence-electron chi connectivity index (χ0n) is 12.3. The second-order valence-corrected chi connectivity index (χ2v) is 4.83. The first kappa shape index (κ1) is 13.6. The van der Waals surface area contributed by atoms with E-state index in [2.05, 4.69) is 42.5 Å². The molecule has 0 radical (unpaired) electrons. The van der Waals surface area contributed by atoms with Crippen LogP contribution >= 0.6 is 0 Å². The Bertz CT molecular complexity index is 538. The van der Waals surface area contributed by atoms with Crippen LogP contribution in [0.3, 0.4) is 0 Å². The van der Waals surface area contributed by atoms with Crippen LogP contribution < -0.4 is 5.32 Å². The fourth-order valence-corrected chi connectivity index (χ4v) is 2.22. The van der Waals surface area contributed by atoms with Crippen LogP contribution in [0.15, 0.2) is 12.4 Å². The van der Waals surface area contributed by atoms with E-state index in [9.17, 15) is 0 Å². The average Bonchev–Trinajstić information content (AvgIpc) is 2.91. The quantitative estimate of drug-likeness (QED) is 0.869. The van der Waals surface area contributed by atoms with Gasteiger partial charge in [0.25, 0.3) is 0 Å². The molecular weight excluding hydrogens is 238 g/mol. The van der Waals surface area contributed by atoms with Crippen LogP contribution in [0.4, 0.5) is 5.69 Å². The van der Waals surface area contributed by atoms with E-state index in [0.717, 1.165) is 37.4 Å². The molecule has 5 nitrogen and oxygen atoms in total. The summed E-state index contributed by atoms with van der Waals surface area (Å²) in [6.45, 7) is 11.1. The Hall–Kier alpha value is -1.78. The van der Waals surface area contributed by atoms with E-state index in [1.54, 1.807) is 0 Å². The lowest BCUT2D eigenvalue weighted by Crippen LogP contribution is -2.09. The van der Waals surface area contributed by atoms with Gasteiger partial charge in [-0.3, -0.25) is 9.36 Å². The molecule has 5 heteroatoms. The summed E-state index contributed by atoms with van der Waals surface area (Å²) >= 11 is 0. The number of rotatable bonds is 6. The van der Waals surface area contributed by atoms with Gasteiger partial charge in [0.15, 0.2) is 0 Å². The van der Waals surface area contributed by atoms with E-state index < -0.39 is 0 Å². The standard InChI is InChI=1S/C14H23N5/c1-5-7-18-10-13(12(4)17-18)15-9-14-11(3)8-16-19(14)6-2/h8,10,15H,5-7,9H2,1-4H3. The lowest BCUT2D eigenvalue weighted by atomic mass is 10.2. The van der Waals surface area contributed by atoms with Crippen molar-refractivity contribution in [2.75, 3.05) is 5.32 Å². The summed E-state index contributed by atoms with van der Waals surface area (Å²) in [5, 5.41) is 12.3. The van der Waals surface area contributed by atoms with Gasteiger partial charge >= 0.3 is 0 Å². The van der Waals surface area contributed by atoms with Gasteiger partial charge in [-0.25, -0.2) is 0 Å². The van der Waals surface area contributed by atoms with Crippen LogP contribution in [0.2, 0.25) is 0 Å². The van der Waals surface area contributed by atoms with Gasteiger partial charge in [0.05, 0.1) is 29.8 Å². The molecule has 2 aromatic heterocycles. The third-order valence-electron chi connectivity index (χ3n) is 3.30. The fraction of sp³-hybridized carbons (Fsp3) is 0.571. The number of hydrogen-bond donors (Lipinski definition) is 1. The lowest BCUT2D eigenvalue weighted by Gasteiger charge is -2.08. The smallest absolute Gasteiger partial charge is 0.0825 e. The summed E-state index contributed by atoms with van der Waals surface area (Å²) in [6.07, 6.45) is 5.11. The molecule has 0 aliphatic rings. The van der Waals surface area contributed by atoms with Gasteiger partial charge in [-0.15, -0.1) is 0 Å². The van der Waals surface area contributed by atoms with Gasteiger partial charge < -0.3 is 5.32 Å². The molecule has 0 spiro atoms. The molecule has 0 saturated heterocycles. The first-order valence-corrected chi connectivity index (χ1v) is 6.94. The molecule has 2 aromatic rings. The number of nitrogens with one attached hydrogen (secondary N) is 1. The zero-order valence-corrected chi connectivity index (χ0v) is 12.3. The maximum Gasteiger partial charge on any atom is 0.0825 e. The second-order valence-electron chi connectivity index (χ2n) is 4.83. The van der Waals surface area contributed by atoms with Crippen molar-refractivity contribution >= 4 is 5.69 Å². The van der Waals surface area contributed by atoms with Crippen molar-refractivity contribution in [2.24, 2.45) is 0 Å². The zero-order chi connectivity index (χ0) is 13.8. The molecule has 0 bridgehead atoms. The number of hydrogen-bond acceptors (Lipinski definition) is 3. The SMILES string of the molecule is CCCn1cc(NCc2c(C)cnn2CC)c(C)n1. The van der Waals surface area contributed by atoms with Crippen molar-refractivity contribution < 1.29 is 0 Å². The molecule has 0 saturated carbocycles. The van der Waals surface area contributed by atoms with Crippen molar-refractivity contribution in [1.82, 2.24) is 19.6 Å². The van der Waals surface area contributed by atoms with Crippen molar-refractivity contribution in [1.29, 1.82) is 0 Å². The van der Waals surface area contributed by atoms with Crippen molar-refractivity contribution in [3.8, 4) is 0 Å². The number of aromatic nitrogens is 4. The van der Waals surface area contributed by atoms with E-state index in [0.29, 0.717) is 0 Å². The van der Waals surface area contributed by atoms with Gasteiger partial charge in [0, 0.05) is 19.3 Å². The van der Waals surface area contributed by atoms with Crippen LogP contribution in [0.1, 0.15) is 37.2 Å². The Labute approximate surface area is 114 Å². The second kappa shape index (κ2) is 5.91. The average molecular weight is 261 g/mol. The maximum atomic E-state index is 4.50. The van der Waals surface area contributed by atoms with Crippen LogP contribution in [-0.2, 0) is 19.6 Å². The number of anilines is 1. The molecule has 0 aromatic carbocycles. The Morgan fingerprint density at radius 2 is 2.05 bits per heavy atom. The molecule has 2 rings (SSSR count). The van der Waals surface area contributed by atoms with Crippen LogP contribution in [0, 0.1) is 13.8 Å². The van der Waals surface area contributed by atoms with Crippen LogP contribution in [0.5, 0.6) is 0 Å². The first-order valence-electron chi connectivity index (χ1n) is 6.94. The molecule has 0 amide bonds. The van der Waals surface area contributed by atoms with Crippen LogP contribution in [0.25, 0.3) is 0 Å². The lowest BCUT2D eigenvalue weighted by molar-refractivity contribution is 0.598. The van der Waals surface area contributed by atoms with Crippen molar-refractivity contribution in [2.45, 2.75) is 53.8 Å². The summed E-state index contributed by atoms with van der Waals surface area (Å²) in [5.41, 5.74) is 4.63. The molecule has 104 valence electrons. The van der Waals surface area contributed by atoms with Gasteiger partial charge in [-0.05, 0) is 32.8 Å². The molecule has 2 heterocycles. The number of aryl methyl sites for hydroxylation is 4. The summed E-state index contributed by atoms with van der Waals surface area (Å²) in [6, 6.07) is 0. The Balaban J connectivity index is 2.07. The predicted molar refractivity (Wildman–Crippen MR) is 77.2 cm³/mol. The Morgan fingerprint density at radius 3 is 2.74 bits per heavy atom. The fourth-order valence-electron chi connectivity index (χ4n) is 2.22. The molecule has 0 atom stereocenters. The molecule has 0 aliphatic carbocycles. The molecule has 0 unspecified atom stereocenters. The minimum absolute atomic E-state index is 0.790. The summed E-state index contributed by atoms with van der Waals surface area (Å²) < 4.78 is 4.04. The normalized spacial score (nSPS) is 10.9. The first-order chi connectivity index (χ1) is 9.15. The largest absolute Gasteiger partial charge is 0.377 e. The topological polar surface area (TPSA) is 47.7 Å². The highest BCUT2D eigenvalue weighted by molar-refractivity contribution is 5.46.